The van der Waals surface area contributed by atoms with Crippen molar-refractivity contribution in [1.82, 2.24) is 0 Å². The summed E-state index contributed by atoms with van der Waals surface area (Å²) < 4.78 is 14.1. The third kappa shape index (κ3) is 8.12. The maximum atomic E-state index is 11.0. The molecule has 0 heterocycles. The second-order valence-electron chi connectivity index (χ2n) is 5.55. The van der Waals surface area contributed by atoms with E-state index >= 15 is 0 Å². The second kappa shape index (κ2) is 9.72. The summed E-state index contributed by atoms with van der Waals surface area (Å²) in [5.74, 6) is -0.615. The molecule has 0 rings (SSSR count). The Morgan fingerprint density at radius 2 is 1.35 bits per heavy atom. The minimum atomic E-state index is -0.755. The molecule has 6 nitrogen and oxygen atoms in total. The third-order valence-electron chi connectivity index (χ3n) is 2.54. The van der Waals surface area contributed by atoms with E-state index in [2.05, 4.69) is 9.47 Å². The molecule has 0 spiro atoms. The van der Waals surface area contributed by atoms with Gasteiger partial charge in [0.2, 0.25) is 0 Å². The Balaban J connectivity index is 0. The Labute approximate surface area is 121 Å². The first-order chi connectivity index (χ1) is 9.08. The lowest BCUT2D eigenvalue weighted by molar-refractivity contribution is -0.154. The van der Waals surface area contributed by atoms with E-state index in [4.69, 9.17) is 9.84 Å². The molecule has 0 atom stereocenters. The quantitative estimate of drug-likeness (QED) is 0.745. The summed E-state index contributed by atoms with van der Waals surface area (Å²) in [6.07, 6.45) is 0. The maximum absolute atomic E-state index is 11.0. The molecule has 0 radical (unpaired) electrons. The van der Waals surface area contributed by atoms with Crippen LogP contribution in [0.1, 0.15) is 34.6 Å². The summed E-state index contributed by atoms with van der Waals surface area (Å²) in [5.41, 5.74) is -1.28. The van der Waals surface area contributed by atoms with Crippen molar-refractivity contribution >= 4 is 11.9 Å². The standard InChI is InChI=1S/C8H16O3.C6H12O3/c1-5-11-6-8(2,3)7(9)10-4;1-6(2,4-7)5(8)9-3/h5-6H2,1-4H3;7H,4H2,1-3H3. The van der Waals surface area contributed by atoms with Crippen LogP contribution in [-0.4, -0.2) is 51.1 Å². The molecular weight excluding hydrogens is 264 g/mol. The van der Waals surface area contributed by atoms with Gasteiger partial charge in [-0.05, 0) is 34.6 Å². The normalized spacial score (nSPS) is 11.2. The number of rotatable bonds is 6. The molecule has 0 fully saturated rings. The third-order valence-corrected chi connectivity index (χ3v) is 2.54. The van der Waals surface area contributed by atoms with Gasteiger partial charge in [-0.25, -0.2) is 0 Å². The Bertz CT molecular complexity index is 296. The highest BCUT2D eigenvalue weighted by Gasteiger charge is 2.28. The highest BCUT2D eigenvalue weighted by Crippen LogP contribution is 2.17. The van der Waals surface area contributed by atoms with Gasteiger partial charge in [0.1, 0.15) is 0 Å². The van der Waals surface area contributed by atoms with Crippen LogP contribution in [0.25, 0.3) is 0 Å². The van der Waals surface area contributed by atoms with Gasteiger partial charge < -0.3 is 19.3 Å². The molecule has 0 bridgehead atoms. The zero-order valence-electron chi connectivity index (χ0n) is 13.6. The Hall–Kier alpha value is -1.14. The number of methoxy groups -OCH3 is 2. The van der Waals surface area contributed by atoms with Gasteiger partial charge in [-0.1, -0.05) is 0 Å². The van der Waals surface area contributed by atoms with E-state index in [1.165, 1.54) is 14.2 Å². The second-order valence-corrected chi connectivity index (χ2v) is 5.55. The van der Waals surface area contributed by atoms with Gasteiger partial charge in [0, 0.05) is 6.61 Å². The molecule has 0 aliphatic carbocycles. The Kier molecular flexibility index (Phi) is 10.3. The zero-order chi connectivity index (χ0) is 16.4. The van der Waals surface area contributed by atoms with E-state index in [-0.39, 0.29) is 18.5 Å². The SMILES string of the molecule is CCOCC(C)(C)C(=O)OC.COC(=O)C(C)(C)CO. The van der Waals surface area contributed by atoms with Crippen LogP contribution in [0.3, 0.4) is 0 Å². The van der Waals surface area contributed by atoms with Gasteiger partial charge >= 0.3 is 11.9 Å². The molecule has 6 heteroatoms. The minimum Gasteiger partial charge on any atom is -0.469 e. The van der Waals surface area contributed by atoms with Crippen molar-refractivity contribution in [1.29, 1.82) is 0 Å². The van der Waals surface area contributed by atoms with Crippen molar-refractivity contribution < 1.29 is 28.9 Å². The van der Waals surface area contributed by atoms with E-state index in [9.17, 15) is 9.59 Å². The Morgan fingerprint density at radius 1 is 0.950 bits per heavy atom. The Morgan fingerprint density at radius 3 is 1.60 bits per heavy atom. The van der Waals surface area contributed by atoms with Crippen LogP contribution in [0, 0.1) is 10.8 Å². The molecule has 0 aromatic rings. The summed E-state index contributed by atoms with van der Waals surface area (Å²) >= 11 is 0. The highest BCUT2D eigenvalue weighted by molar-refractivity contribution is 5.76. The van der Waals surface area contributed by atoms with Crippen LogP contribution in [0.15, 0.2) is 0 Å². The molecule has 0 aromatic heterocycles. The average Bonchev–Trinajstić information content (AvgIpc) is 2.43. The van der Waals surface area contributed by atoms with Crippen LogP contribution >= 0.6 is 0 Å². The molecular formula is C14H28O6. The molecule has 1 N–H and O–H groups in total. The lowest BCUT2D eigenvalue weighted by Gasteiger charge is -2.20. The van der Waals surface area contributed by atoms with E-state index in [0.717, 1.165) is 0 Å². The van der Waals surface area contributed by atoms with Gasteiger partial charge in [-0.3, -0.25) is 9.59 Å². The van der Waals surface area contributed by atoms with E-state index < -0.39 is 10.8 Å². The van der Waals surface area contributed by atoms with Crippen LogP contribution in [0.5, 0.6) is 0 Å². The summed E-state index contributed by atoms with van der Waals surface area (Å²) in [4.78, 5) is 21.7. The first kappa shape index (κ1) is 21.2. The minimum absolute atomic E-state index is 0.181. The van der Waals surface area contributed by atoms with Crippen molar-refractivity contribution in [3.63, 3.8) is 0 Å². The molecule has 0 aliphatic heterocycles. The number of aliphatic hydroxyl groups is 1. The maximum Gasteiger partial charge on any atom is 0.313 e. The number of carbonyl (C=O) groups is 2. The molecule has 0 saturated carbocycles. The topological polar surface area (TPSA) is 82.1 Å². The molecule has 120 valence electrons. The lowest BCUT2D eigenvalue weighted by atomic mass is 9.95. The van der Waals surface area contributed by atoms with Gasteiger partial charge in [0.25, 0.3) is 0 Å². The van der Waals surface area contributed by atoms with Crippen LogP contribution in [-0.2, 0) is 23.8 Å². The number of ether oxygens (including phenoxy) is 3. The molecule has 20 heavy (non-hydrogen) atoms. The van der Waals surface area contributed by atoms with Gasteiger partial charge in [0.05, 0.1) is 38.3 Å². The summed E-state index contributed by atoms with van der Waals surface area (Å²) in [7, 11) is 2.69. The fraction of sp³-hybridized carbons (Fsp3) is 0.857. The predicted octanol–water partition coefficient (Wildman–Crippen LogP) is 1.40. The van der Waals surface area contributed by atoms with E-state index in [1.54, 1.807) is 27.7 Å². The summed E-state index contributed by atoms with van der Waals surface area (Å²) in [6, 6.07) is 0. The average molecular weight is 292 g/mol. The summed E-state index contributed by atoms with van der Waals surface area (Å²) in [6.45, 7) is 9.60. The van der Waals surface area contributed by atoms with Crippen LogP contribution in [0.4, 0.5) is 0 Å². The van der Waals surface area contributed by atoms with Crippen molar-refractivity contribution in [2.45, 2.75) is 34.6 Å². The number of esters is 2. The van der Waals surface area contributed by atoms with Crippen molar-refractivity contribution in [2.24, 2.45) is 10.8 Å². The number of carbonyl (C=O) groups excluding carboxylic acids is 2. The largest absolute Gasteiger partial charge is 0.469 e. The number of aliphatic hydroxyl groups excluding tert-OH is 1. The van der Waals surface area contributed by atoms with Gasteiger partial charge in [0.15, 0.2) is 0 Å². The van der Waals surface area contributed by atoms with Gasteiger partial charge in [-0.2, -0.15) is 0 Å². The molecule has 0 aliphatic rings. The molecule has 0 saturated heterocycles. The monoisotopic (exact) mass is 292 g/mol. The molecule has 0 aromatic carbocycles. The van der Waals surface area contributed by atoms with Crippen molar-refractivity contribution in [3.05, 3.63) is 0 Å². The van der Waals surface area contributed by atoms with Crippen molar-refractivity contribution in [3.8, 4) is 0 Å². The smallest absolute Gasteiger partial charge is 0.313 e. The van der Waals surface area contributed by atoms with E-state index in [1.807, 2.05) is 6.92 Å². The van der Waals surface area contributed by atoms with Crippen LogP contribution < -0.4 is 0 Å². The van der Waals surface area contributed by atoms with Crippen molar-refractivity contribution in [2.75, 3.05) is 34.0 Å². The predicted molar refractivity (Wildman–Crippen MR) is 75.2 cm³/mol. The number of hydrogen-bond donors (Lipinski definition) is 1. The number of hydrogen-bond acceptors (Lipinski definition) is 6. The van der Waals surface area contributed by atoms with E-state index in [0.29, 0.717) is 13.2 Å². The zero-order valence-corrected chi connectivity index (χ0v) is 13.6. The summed E-state index contributed by atoms with van der Waals surface area (Å²) in [5, 5.41) is 8.59. The molecule has 0 amide bonds. The van der Waals surface area contributed by atoms with Crippen LogP contribution in [0.2, 0.25) is 0 Å². The fourth-order valence-electron chi connectivity index (χ4n) is 1.03. The lowest BCUT2D eigenvalue weighted by Crippen LogP contribution is -2.30. The van der Waals surface area contributed by atoms with Gasteiger partial charge in [-0.15, -0.1) is 0 Å². The molecule has 0 unspecified atom stereocenters. The highest BCUT2D eigenvalue weighted by atomic mass is 16.5. The first-order valence-corrected chi connectivity index (χ1v) is 6.44. The fourth-order valence-corrected chi connectivity index (χ4v) is 1.03. The first-order valence-electron chi connectivity index (χ1n) is 6.44.